The molecule has 1 aromatic carbocycles. The summed E-state index contributed by atoms with van der Waals surface area (Å²) in [6.07, 6.45) is 3.58. The predicted octanol–water partition coefficient (Wildman–Crippen LogP) is 2.88. The normalized spacial score (nSPS) is 10.3. The maximum absolute atomic E-state index is 11.8. The van der Waals surface area contributed by atoms with Gasteiger partial charge in [-0.3, -0.25) is 9.78 Å². The molecular formula is C15H16BrN3O. The number of hydrogen-bond donors (Lipinski definition) is 2. The maximum Gasteiger partial charge on any atom is 0.238 e. The highest BCUT2D eigenvalue weighted by atomic mass is 79.9. The molecule has 0 aliphatic rings. The Morgan fingerprint density at radius 2 is 2.20 bits per heavy atom. The number of hydrogen-bond acceptors (Lipinski definition) is 3. The lowest BCUT2D eigenvalue weighted by Gasteiger charge is -2.08. The molecule has 5 heteroatoms. The highest BCUT2D eigenvalue weighted by Crippen LogP contribution is 2.15. The average Bonchev–Trinajstić information content (AvgIpc) is 2.41. The van der Waals surface area contributed by atoms with Gasteiger partial charge in [-0.1, -0.05) is 22.0 Å². The van der Waals surface area contributed by atoms with E-state index in [1.165, 1.54) is 5.56 Å². The maximum atomic E-state index is 11.8. The molecule has 0 atom stereocenters. The number of benzene rings is 1. The summed E-state index contributed by atoms with van der Waals surface area (Å²) < 4.78 is 0.939. The summed E-state index contributed by atoms with van der Waals surface area (Å²) in [7, 11) is 0. The molecule has 0 aliphatic carbocycles. The van der Waals surface area contributed by atoms with Crippen molar-refractivity contribution in [3.05, 3.63) is 58.3 Å². The van der Waals surface area contributed by atoms with Gasteiger partial charge in [0.05, 0.1) is 6.54 Å². The molecule has 0 saturated carbocycles. The Labute approximate surface area is 126 Å². The van der Waals surface area contributed by atoms with Crippen molar-refractivity contribution in [2.24, 2.45) is 0 Å². The lowest BCUT2D eigenvalue weighted by Crippen LogP contribution is -2.27. The first kappa shape index (κ1) is 14.7. The SMILES string of the molecule is Cc1ccncc1CNCC(=O)Nc1cccc(Br)c1. The van der Waals surface area contributed by atoms with Gasteiger partial charge in [0.1, 0.15) is 0 Å². The lowest BCUT2D eigenvalue weighted by molar-refractivity contribution is -0.115. The number of aryl methyl sites for hydroxylation is 1. The number of carbonyl (C=O) groups excluding carboxylic acids is 1. The Morgan fingerprint density at radius 1 is 1.35 bits per heavy atom. The van der Waals surface area contributed by atoms with Crippen LogP contribution in [-0.4, -0.2) is 17.4 Å². The molecule has 0 unspecified atom stereocenters. The first-order valence-corrected chi connectivity index (χ1v) is 7.10. The van der Waals surface area contributed by atoms with Crippen molar-refractivity contribution in [3.63, 3.8) is 0 Å². The summed E-state index contributed by atoms with van der Waals surface area (Å²) in [5.41, 5.74) is 3.05. The number of rotatable bonds is 5. The molecule has 2 N–H and O–H groups in total. The standard InChI is InChI=1S/C15H16BrN3O/c1-11-5-6-17-8-12(11)9-18-10-15(20)19-14-4-2-3-13(16)7-14/h2-8,18H,9-10H2,1H3,(H,19,20). The third-order valence-corrected chi connectivity index (χ3v) is 3.35. The fourth-order valence-corrected chi connectivity index (χ4v) is 2.16. The second-order valence-electron chi connectivity index (χ2n) is 4.46. The smallest absolute Gasteiger partial charge is 0.238 e. The zero-order valence-corrected chi connectivity index (χ0v) is 12.8. The molecular weight excluding hydrogens is 318 g/mol. The monoisotopic (exact) mass is 333 g/mol. The Morgan fingerprint density at radius 3 is 2.95 bits per heavy atom. The van der Waals surface area contributed by atoms with E-state index in [4.69, 9.17) is 0 Å². The number of nitrogens with zero attached hydrogens (tertiary/aromatic N) is 1. The van der Waals surface area contributed by atoms with Crippen molar-refractivity contribution >= 4 is 27.5 Å². The molecule has 20 heavy (non-hydrogen) atoms. The van der Waals surface area contributed by atoms with Crippen molar-refractivity contribution < 1.29 is 4.79 Å². The second kappa shape index (κ2) is 7.17. The number of aromatic nitrogens is 1. The topological polar surface area (TPSA) is 54.0 Å². The summed E-state index contributed by atoms with van der Waals surface area (Å²) in [6, 6.07) is 9.47. The molecule has 0 spiro atoms. The van der Waals surface area contributed by atoms with Crippen LogP contribution < -0.4 is 10.6 Å². The quantitative estimate of drug-likeness (QED) is 0.884. The predicted molar refractivity (Wildman–Crippen MR) is 83.5 cm³/mol. The van der Waals surface area contributed by atoms with Gasteiger partial charge in [-0.15, -0.1) is 0 Å². The molecule has 0 fully saturated rings. The lowest BCUT2D eigenvalue weighted by atomic mass is 10.1. The first-order chi connectivity index (χ1) is 9.65. The zero-order valence-electron chi connectivity index (χ0n) is 11.2. The van der Waals surface area contributed by atoms with Gasteiger partial charge in [0.2, 0.25) is 5.91 Å². The minimum absolute atomic E-state index is 0.0651. The van der Waals surface area contributed by atoms with Crippen LogP contribution in [0.2, 0.25) is 0 Å². The number of halogens is 1. The Kier molecular flexibility index (Phi) is 5.26. The third kappa shape index (κ3) is 4.43. The van der Waals surface area contributed by atoms with E-state index in [1.807, 2.05) is 43.5 Å². The number of carbonyl (C=O) groups is 1. The number of nitrogens with one attached hydrogen (secondary N) is 2. The molecule has 1 amide bonds. The Balaban J connectivity index is 1.80. The fourth-order valence-electron chi connectivity index (χ4n) is 1.76. The van der Waals surface area contributed by atoms with Gasteiger partial charge in [-0.25, -0.2) is 0 Å². The van der Waals surface area contributed by atoms with Crippen LogP contribution in [0.3, 0.4) is 0 Å². The van der Waals surface area contributed by atoms with Crippen LogP contribution in [-0.2, 0) is 11.3 Å². The van der Waals surface area contributed by atoms with E-state index < -0.39 is 0 Å². The summed E-state index contributed by atoms with van der Waals surface area (Å²) in [5.74, 6) is -0.0651. The van der Waals surface area contributed by atoms with E-state index in [2.05, 4.69) is 31.5 Å². The number of pyridine rings is 1. The highest BCUT2D eigenvalue weighted by molar-refractivity contribution is 9.10. The number of anilines is 1. The summed E-state index contributed by atoms with van der Waals surface area (Å²) >= 11 is 3.37. The van der Waals surface area contributed by atoms with Gasteiger partial charge < -0.3 is 10.6 Å². The van der Waals surface area contributed by atoms with Gasteiger partial charge in [-0.2, -0.15) is 0 Å². The summed E-state index contributed by atoms with van der Waals surface area (Å²) in [6.45, 7) is 2.92. The summed E-state index contributed by atoms with van der Waals surface area (Å²) in [4.78, 5) is 15.9. The Bertz CT molecular complexity index is 601. The van der Waals surface area contributed by atoms with E-state index in [-0.39, 0.29) is 12.5 Å². The summed E-state index contributed by atoms with van der Waals surface area (Å²) in [5, 5.41) is 5.95. The van der Waals surface area contributed by atoms with Crippen LogP contribution in [0.5, 0.6) is 0 Å². The van der Waals surface area contributed by atoms with Crippen LogP contribution in [0.25, 0.3) is 0 Å². The van der Waals surface area contributed by atoms with Crippen molar-refractivity contribution in [1.82, 2.24) is 10.3 Å². The highest BCUT2D eigenvalue weighted by Gasteiger charge is 2.03. The molecule has 0 aliphatic heterocycles. The molecule has 4 nitrogen and oxygen atoms in total. The van der Waals surface area contributed by atoms with Gasteiger partial charge in [0.25, 0.3) is 0 Å². The van der Waals surface area contributed by atoms with Crippen molar-refractivity contribution in [3.8, 4) is 0 Å². The van der Waals surface area contributed by atoms with E-state index >= 15 is 0 Å². The number of amides is 1. The minimum Gasteiger partial charge on any atom is -0.325 e. The van der Waals surface area contributed by atoms with Crippen LogP contribution in [0.1, 0.15) is 11.1 Å². The van der Waals surface area contributed by atoms with E-state index in [1.54, 1.807) is 6.20 Å². The van der Waals surface area contributed by atoms with E-state index in [9.17, 15) is 4.79 Å². The molecule has 0 radical (unpaired) electrons. The van der Waals surface area contributed by atoms with E-state index in [0.29, 0.717) is 6.54 Å². The third-order valence-electron chi connectivity index (χ3n) is 2.86. The van der Waals surface area contributed by atoms with Gasteiger partial charge >= 0.3 is 0 Å². The first-order valence-electron chi connectivity index (χ1n) is 6.31. The molecule has 1 aromatic heterocycles. The van der Waals surface area contributed by atoms with Gasteiger partial charge in [0.15, 0.2) is 0 Å². The van der Waals surface area contributed by atoms with Gasteiger partial charge in [-0.05, 0) is 42.3 Å². The van der Waals surface area contributed by atoms with E-state index in [0.717, 1.165) is 15.7 Å². The average molecular weight is 334 g/mol. The van der Waals surface area contributed by atoms with Crippen molar-refractivity contribution in [2.45, 2.75) is 13.5 Å². The van der Waals surface area contributed by atoms with Crippen LogP contribution in [0, 0.1) is 6.92 Å². The molecule has 2 aromatic rings. The van der Waals surface area contributed by atoms with Gasteiger partial charge in [0, 0.05) is 29.1 Å². The zero-order chi connectivity index (χ0) is 14.4. The minimum atomic E-state index is -0.0651. The van der Waals surface area contributed by atoms with Crippen molar-refractivity contribution in [2.75, 3.05) is 11.9 Å². The van der Waals surface area contributed by atoms with Crippen LogP contribution in [0.4, 0.5) is 5.69 Å². The Hall–Kier alpha value is -1.72. The molecule has 104 valence electrons. The fraction of sp³-hybridized carbons (Fsp3) is 0.200. The van der Waals surface area contributed by atoms with Crippen LogP contribution >= 0.6 is 15.9 Å². The molecule has 0 saturated heterocycles. The molecule has 2 rings (SSSR count). The van der Waals surface area contributed by atoms with Crippen molar-refractivity contribution in [1.29, 1.82) is 0 Å². The molecule has 1 heterocycles. The largest absolute Gasteiger partial charge is 0.325 e. The van der Waals surface area contributed by atoms with Crippen LogP contribution in [0.15, 0.2) is 47.2 Å². The second-order valence-corrected chi connectivity index (χ2v) is 5.38. The molecule has 0 bridgehead atoms.